The summed E-state index contributed by atoms with van der Waals surface area (Å²) in [6, 6.07) is 13.7. The molecule has 0 atom stereocenters. The molecular weight excluding hydrogens is 187 g/mol. The van der Waals surface area contributed by atoms with Crippen molar-refractivity contribution in [2.75, 3.05) is 0 Å². The van der Waals surface area contributed by atoms with Crippen LogP contribution in [-0.4, -0.2) is 0 Å². The Labute approximate surface area is 89.4 Å². The van der Waals surface area contributed by atoms with Crippen LogP contribution in [0.25, 0.3) is 11.1 Å². The third-order valence-electron chi connectivity index (χ3n) is 2.54. The maximum absolute atomic E-state index is 12.8. The summed E-state index contributed by atoms with van der Waals surface area (Å²) in [5.41, 5.74) is 4.49. The van der Waals surface area contributed by atoms with Crippen LogP contribution in [0.15, 0.2) is 36.4 Å². The highest BCUT2D eigenvalue weighted by atomic mass is 19.1. The standard InChI is InChI=1S/C14H12F/c1-10-4-3-5-11(2)14(10)12-6-8-13(15)9-7-12/h3-4,6-9H,1-2H3. The summed E-state index contributed by atoms with van der Waals surface area (Å²) in [7, 11) is 0. The van der Waals surface area contributed by atoms with E-state index in [0.29, 0.717) is 0 Å². The summed E-state index contributed by atoms with van der Waals surface area (Å²) >= 11 is 0. The van der Waals surface area contributed by atoms with Crippen molar-refractivity contribution in [2.24, 2.45) is 0 Å². The Morgan fingerprint density at radius 3 is 2.27 bits per heavy atom. The molecular formula is C14H12F. The third-order valence-corrected chi connectivity index (χ3v) is 2.54. The van der Waals surface area contributed by atoms with Gasteiger partial charge in [-0.05, 0) is 54.3 Å². The fraction of sp³-hybridized carbons (Fsp3) is 0.143. The summed E-state index contributed by atoms with van der Waals surface area (Å²) in [4.78, 5) is 0. The predicted molar refractivity (Wildman–Crippen MR) is 60.1 cm³/mol. The van der Waals surface area contributed by atoms with Crippen molar-refractivity contribution in [1.29, 1.82) is 0 Å². The molecule has 0 spiro atoms. The molecule has 15 heavy (non-hydrogen) atoms. The molecule has 0 aliphatic heterocycles. The average molecular weight is 199 g/mol. The molecule has 0 bridgehead atoms. The van der Waals surface area contributed by atoms with Crippen molar-refractivity contribution in [2.45, 2.75) is 13.8 Å². The summed E-state index contributed by atoms with van der Waals surface area (Å²) in [5.74, 6) is -0.200. The van der Waals surface area contributed by atoms with Gasteiger partial charge in [-0.3, -0.25) is 0 Å². The molecule has 75 valence electrons. The summed E-state index contributed by atoms with van der Waals surface area (Å²) in [5, 5.41) is 0. The van der Waals surface area contributed by atoms with Crippen molar-refractivity contribution >= 4 is 0 Å². The highest BCUT2D eigenvalue weighted by Crippen LogP contribution is 2.26. The minimum Gasteiger partial charge on any atom is -0.207 e. The van der Waals surface area contributed by atoms with Crippen LogP contribution >= 0.6 is 0 Å². The van der Waals surface area contributed by atoms with Gasteiger partial charge in [0.2, 0.25) is 0 Å². The van der Waals surface area contributed by atoms with Gasteiger partial charge >= 0.3 is 0 Å². The maximum Gasteiger partial charge on any atom is 0.123 e. The molecule has 0 fully saturated rings. The summed E-state index contributed by atoms with van der Waals surface area (Å²) in [6.45, 7) is 4.07. The molecule has 0 aliphatic carbocycles. The molecule has 0 nitrogen and oxygen atoms in total. The zero-order chi connectivity index (χ0) is 10.8. The first-order valence-electron chi connectivity index (χ1n) is 4.92. The first-order valence-corrected chi connectivity index (χ1v) is 4.92. The zero-order valence-corrected chi connectivity index (χ0v) is 8.84. The topological polar surface area (TPSA) is 0 Å². The van der Waals surface area contributed by atoms with Crippen molar-refractivity contribution in [3.05, 3.63) is 59.4 Å². The molecule has 0 heterocycles. The lowest BCUT2D eigenvalue weighted by atomic mass is 9.96. The van der Waals surface area contributed by atoms with Gasteiger partial charge in [-0.15, -0.1) is 0 Å². The second-order valence-electron chi connectivity index (χ2n) is 3.67. The second-order valence-corrected chi connectivity index (χ2v) is 3.67. The molecule has 2 rings (SSSR count). The molecule has 0 aliphatic rings. The summed E-state index contributed by atoms with van der Waals surface area (Å²) in [6.07, 6.45) is 0. The van der Waals surface area contributed by atoms with Crippen LogP contribution in [0, 0.1) is 25.7 Å². The van der Waals surface area contributed by atoms with E-state index in [-0.39, 0.29) is 5.82 Å². The predicted octanol–water partition coefficient (Wildman–Crippen LogP) is 3.91. The van der Waals surface area contributed by atoms with Crippen LogP contribution in [-0.2, 0) is 0 Å². The van der Waals surface area contributed by atoms with E-state index in [1.165, 1.54) is 17.7 Å². The molecule has 2 aromatic rings. The molecule has 2 aromatic carbocycles. The van der Waals surface area contributed by atoms with Gasteiger partial charge in [0, 0.05) is 0 Å². The van der Waals surface area contributed by atoms with Gasteiger partial charge in [-0.1, -0.05) is 24.3 Å². The Morgan fingerprint density at radius 2 is 1.67 bits per heavy atom. The summed E-state index contributed by atoms with van der Waals surface area (Å²) < 4.78 is 12.8. The van der Waals surface area contributed by atoms with Crippen molar-refractivity contribution in [3.8, 4) is 11.1 Å². The number of aryl methyl sites for hydroxylation is 2. The van der Waals surface area contributed by atoms with Gasteiger partial charge in [-0.25, -0.2) is 4.39 Å². The number of benzene rings is 2. The number of rotatable bonds is 1. The number of halogens is 1. The third kappa shape index (κ3) is 1.91. The number of hydrogen-bond acceptors (Lipinski definition) is 0. The highest BCUT2D eigenvalue weighted by molar-refractivity contribution is 5.70. The smallest absolute Gasteiger partial charge is 0.123 e. The molecule has 1 heteroatoms. The first-order chi connectivity index (χ1) is 7.18. The van der Waals surface area contributed by atoms with Crippen LogP contribution in [0.5, 0.6) is 0 Å². The Kier molecular flexibility index (Phi) is 2.55. The van der Waals surface area contributed by atoms with E-state index in [0.717, 1.165) is 16.7 Å². The van der Waals surface area contributed by atoms with Crippen LogP contribution in [0.2, 0.25) is 0 Å². The SMILES string of the molecule is Cc1[c]ccc(C)c1-c1ccc(F)cc1. The lowest BCUT2D eigenvalue weighted by Crippen LogP contribution is -1.88. The molecule has 0 aromatic heterocycles. The van der Waals surface area contributed by atoms with E-state index >= 15 is 0 Å². The Morgan fingerprint density at radius 1 is 1.00 bits per heavy atom. The first kappa shape index (κ1) is 9.91. The largest absolute Gasteiger partial charge is 0.207 e. The highest BCUT2D eigenvalue weighted by Gasteiger charge is 2.04. The van der Waals surface area contributed by atoms with Gasteiger partial charge in [0.25, 0.3) is 0 Å². The van der Waals surface area contributed by atoms with Crippen LogP contribution in [0.4, 0.5) is 4.39 Å². The maximum atomic E-state index is 12.8. The van der Waals surface area contributed by atoms with Crippen molar-refractivity contribution < 1.29 is 4.39 Å². The Hall–Kier alpha value is -1.63. The quantitative estimate of drug-likeness (QED) is 0.653. The molecule has 0 unspecified atom stereocenters. The number of hydrogen-bond donors (Lipinski definition) is 0. The molecule has 0 saturated carbocycles. The Bertz CT molecular complexity index is 449. The van der Waals surface area contributed by atoms with E-state index < -0.39 is 0 Å². The normalized spacial score (nSPS) is 10.3. The molecule has 1 radical (unpaired) electrons. The van der Waals surface area contributed by atoms with Crippen molar-refractivity contribution in [1.82, 2.24) is 0 Å². The molecule has 0 N–H and O–H groups in total. The van der Waals surface area contributed by atoms with Gasteiger partial charge < -0.3 is 0 Å². The van der Waals surface area contributed by atoms with Crippen molar-refractivity contribution in [3.63, 3.8) is 0 Å². The lowest BCUT2D eigenvalue weighted by molar-refractivity contribution is 0.628. The van der Waals surface area contributed by atoms with E-state index in [1.807, 2.05) is 19.1 Å². The van der Waals surface area contributed by atoms with Gasteiger partial charge in [0.05, 0.1) is 0 Å². The average Bonchev–Trinajstić information content (AvgIpc) is 2.20. The molecule has 0 saturated heterocycles. The van der Waals surface area contributed by atoms with E-state index in [1.54, 1.807) is 12.1 Å². The Balaban J connectivity index is 2.58. The zero-order valence-electron chi connectivity index (χ0n) is 8.84. The van der Waals surface area contributed by atoms with Gasteiger partial charge in [0.1, 0.15) is 5.82 Å². The fourth-order valence-corrected chi connectivity index (χ4v) is 1.80. The second kappa shape index (κ2) is 3.85. The van der Waals surface area contributed by atoms with Gasteiger partial charge in [-0.2, -0.15) is 0 Å². The minimum atomic E-state index is -0.200. The van der Waals surface area contributed by atoms with E-state index in [4.69, 9.17) is 0 Å². The lowest BCUT2D eigenvalue weighted by Gasteiger charge is -2.09. The minimum absolute atomic E-state index is 0.200. The van der Waals surface area contributed by atoms with Crippen LogP contribution < -0.4 is 0 Å². The fourth-order valence-electron chi connectivity index (χ4n) is 1.80. The van der Waals surface area contributed by atoms with E-state index in [2.05, 4.69) is 13.0 Å². The van der Waals surface area contributed by atoms with Crippen LogP contribution in [0.3, 0.4) is 0 Å². The molecule has 0 amide bonds. The van der Waals surface area contributed by atoms with E-state index in [9.17, 15) is 4.39 Å². The van der Waals surface area contributed by atoms with Gasteiger partial charge in [0.15, 0.2) is 0 Å². The monoisotopic (exact) mass is 199 g/mol. The van der Waals surface area contributed by atoms with Crippen LogP contribution in [0.1, 0.15) is 11.1 Å².